The standard InChI is InChI=1S/C23H25N3O2S/c27-22(16-21-7-4-14-29-21)25-24-17-20-9-8-19(15-18-5-2-1-3-6-18)23(20)26-10-12-28-13-11-26/h1-7,14-15,17H,8-13,16H2,(H,25,27)/b19-15?,24-17-. The number of ether oxygens (including phenoxy) is 1. The van der Waals surface area contributed by atoms with Crippen LogP contribution in [0, 0.1) is 0 Å². The van der Waals surface area contributed by atoms with Crippen molar-refractivity contribution in [2.45, 2.75) is 19.3 Å². The average molecular weight is 408 g/mol. The molecule has 150 valence electrons. The van der Waals surface area contributed by atoms with Gasteiger partial charge >= 0.3 is 0 Å². The van der Waals surface area contributed by atoms with Crippen LogP contribution in [-0.2, 0) is 16.0 Å². The molecule has 0 atom stereocenters. The number of hydrogen-bond acceptors (Lipinski definition) is 5. The number of amides is 1. The maximum Gasteiger partial charge on any atom is 0.245 e. The minimum atomic E-state index is -0.0877. The van der Waals surface area contributed by atoms with E-state index in [1.165, 1.54) is 22.4 Å². The Balaban J connectivity index is 1.51. The first-order valence-electron chi connectivity index (χ1n) is 9.96. The molecule has 2 aromatic rings. The molecule has 0 bridgehead atoms. The zero-order valence-electron chi connectivity index (χ0n) is 16.3. The lowest BCUT2D eigenvalue weighted by Gasteiger charge is -2.31. The quantitative estimate of drug-likeness (QED) is 0.584. The summed E-state index contributed by atoms with van der Waals surface area (Å²) in [6.45, 7) is 3.24. The second kappa shape index (κ2) is 9.67. The number of rotatable bonds is 6. The first kappa shape index (κ1) is 19.6. The van der Waals surface area contributed by atoms with Crippen LogP contribution < -0.4 is 5.43 Å². The number of nitrogens with zero attached hydrogens (tertiary/aromatic N) is 2. The van der Waals surface area contributed by atoms with Crippen molar-refractivity contribution in [3.05, 3.63) is 75.1 Å². The summed E-state index contributed by atoms with van der Waals surface area (Å²) in [4.78, 5) is 15.5. The molecule has 29 heavy (non-hydrogen) atoms. The maximum atomic E-state index is 12.1. The number of morpholine rings is 1. The molecule has 1 aliphatic carbocycles. The number of nitrogens with one attached hydrogen (secondary N) is 1. The molecule has 0 unspecified atom stereocenters. The third kappa shape index (κ3) is 5.22. The van der Waals surface area contributed by atoms with Gasteiger partial charge in [-0.3, -0.25) is 4.79 Å². The van der Waals surface area contributed by atoms with Gasteiger partial charge in [0.15, 0.2) is 0 Å². The monoisotopic (exact) mass is 407 g/mol. The van der Waals surface area contributed by atoms with Crippen LogP contribution in [0.3, 0.4) is 0 Å². The first-order valence-corrected chi connectivity index (χ1v) is 10.8. The topological polar surface area (TPSA) is 53.9 Å². The van der Waals surface area contributed by atoms with Gasteiger partial charge in [0.05, 0.1) is 25.8 Å². The molecule has 1 saturated heterocycles. The minimum absolute atomic E-state index is 0.0877. The highest BCUT2D eigenvalue weighted by Crippen LogP contribution is 2.34. The maximum absolute atomic E-state index is 12.1. The van der Waals surface area contributed by atoms with E-state index in [0.717, 1.165) is 44.0 Å². The Morgan fingerprint density at radius 3 is 2.72 bits per heavy atom. The van der Waals surface area contributed by atoms with E-state index in [1.807, 2.05) is 29.8 Å². The molecule has 0 saturated carbocycles. The van der Waals surface area contributed by atoms with Gasteiger partial charge in [0, 0.05) is 23.7 Å². The van der Waals surface area contributed by atoms with Crippen LogP contribution in [0.2, 0.25) is 0 Å². The summed E-state index contributed by atoms with van der Waals surface area (Å²) >= 11 is 1.58. The van der Waals surface area contributed by atoms with E-state index >= 15 is 0 Å². The van der Waals surface area contributed by atoms with E-state index in [-0.39, 0.29) is 5.91 Å². The van der Waals surface area contributed by atoms with Crippen LogP contribution in [0.15, 0.2) is 69.8 Å². The number of carbonyl (C=O) groups excluding carboxylic acids is 1. The van der Waals surface area contributed by atoms with E-state index in [4.69, 9.17) is 4.74 Å². The highest BCUT2D eigenvalue weighted by atomic mass is 32.1. The molecule has 1 aliphatic heterocycles. The Kier molecular flexibility index (Phi) is 6.54. The fourth-order valence-corrected chi connectivity index (χ4v) is 4.42. The van der Waals surface area contributed by atoms with Gasteiger partial charge in [0.2, 0.25) is 5.91 Å². The number of hydrazone groups is 1. The Bertz CT molecular complexity index is 911. The third-order valence-electron chi connectivity index (χ3n) is 5.06. The van der Waals surface area contributed by atoms with Gasteiger partial charge in [0.25, 0.3) is 0 Å². The predicted molar refractivity (Wildman–Crippen MR) is 118 cm³/mol. The van der Waals surface area contributed by atoms with Crippen LogP contribution in [0.1, 0.15) is 23.3 Å². The molecule has 6 heteroatoms. The highest BCUT2D eigenvalue weighted by Gasteiger charge is 2.25. The highest BCUT2D eigenvalue weighted by molar-refractivity contribution is 7.10. The summed E-state index contributed by atoms with van der Waals surface area (Å²) in [7, 11) is 0. The van der Waals surface area contributed by atoms with Crippen molar-refractivity contribution in [1.29, 1.82) is 0 Å². The van der Waals surface area contributed by atoms with Gasteiger partial charge < -0.3 is 9.64 Å². The molecule has 1 fully saturated rings. The van der Waals surface area contributed by atoms with Crippen molar-refractivity contribution in [1.82, 2.24) is 10.3 Å². The molecule has 1 amide bonds. The fraction of sp³-hybridized carbons (Fsp3) is 0.304. The van der Waals surface area contributed by atoms with Crippen molar-refractivity contribution in [2.24, 2.45) is 5.10 Å². The summed E-state index contributed by atoms with van der Waals surface area (Å²) < 4.78 is 5.54. The van der Waals surface area contributed by atoms with Gasteiger partial charge in [0.1, 0.15) is 0 Å². The second-order valence-electron chi connectivity index (χ2n) is 7.10. The van der Waals surface area contributed by atoms with Crippen molar-refractivity contribution in [3.8, 4) is 0 Å². The largest absolute Gasteiger partial charge is 0.378 e. The molecule has 0 radical (unpaired) electrons. The molecule has 1 N–H and O–H groups in total. The minimum Gasteiger partial charge on any atom is -0.378 e. The summed E-state index contributed by atoms with van der Waals surface area (Å²) in [5.74, 6) is -0.0877. The van der Waals surface area contributed by atoms with Gasteiger partial charge in [-0.15, -0.1) is 11.3 Å². The zero-order chi connectivity index (χ0) is 19.9. The molecule has 2 aliphatic rings. The Morgan fingerprint density at radius 1 is 1.14 bits per heavy atom. The number of benzene rings is 1. The molecular formula is C23H25N3O2S. The number of carbonyl (C=O) groups is 1. The van der Waals surface area contributed by atoms with Crippen molar-refractivity contribution in [2.75, 3.05) is 26.3 Å². The van der Waals surface area contributed by atoms with Crippen molar-refractivity contribution in [3.63, 3.8) is 0 Å². The molecular weight excluding hydrogens is 382 g/mol. The second-order valence-corrected chi connectivity index (χ2v) is 8.14. The third-order valence-corrected chi connectivity index (χ3v) is 5.94. The summed E-state index contributed by atoms with van der Waals surface area (Å²) in [6.07, 6.45) is 6.36. The van der Waals surface area contributed by atoms with Crippen molar-refractivity contribution >= 4 is 29.5 Å². The fourth-order valence-electron chi connectivity index (χ4n) is 3.72. The molecule has 5 nitrogen and oxygen atoms in total. The van der Waals surface area contributed by atoms with Gasteiger partial charge in [-0.1, -0.05) is 36.4 Å². The lowest BCUT2D eigenvalue weighted by Crippen LogP contribution is -2.36. The van der Waals surface area contributed by atoms with Crippen LogP contribution in [0.4, 0.5) is 0 Å². The van der Waals surface area contributed by atoms with Gasteiger partial charge in [-0.25, -0.2) is 5.43 Å². The molecule has 0 spiro atoms. The molecule has 1 aromatic carbocycles. The number of allylic oxidation sites excluding steroid dienone is 2. The summed E-state index contributed by atoms with van der Waals surface area (Å²) in [6, 6.07) is 14.3. The molecule has 2 heterocycles. The van der Waals surface area contributed by atoms with E-state index in [2.05, 4.69) is 45.8 Å². The van der Waals surface area contributed by atoms with E-state index in [9.17, 15) is 4.79 Å². The summed E-state index contributed by atoms with van der Waals surface area (Å²) in [5.41, 5.74) is 7.62. The zero-order valence-corrected chi connectivity index (χ0v) is 17.2. The van der Waals surface area contributed by atoms with Crippen LogP contribution in [0.25, 0.3) is 6.08 Å². The molecule has 1 aromatic heterocycles. The lowest BCUT2D eigenvalue weighted by atomic mass is 10.1. The smallest absolute Gasteiger partial charge is 0.245 e. The summed E-state index contributed by atoms with van der Waals surface area (Å²) in [5, 5.41) is 6.23. The molecule has 4 rings (SSSR count). The van der Waals surface area contributed by atoms with Crippen LogP contribution in [-0.4, -0.2) is 43.3 Å². The lowest BCUT2D eigenvalue weighted by molar-refractivity contribution is -0.120. The van der Waals surface area contributed by atoms with Gasteiger partial charge in [-0.05, 0) is 47.1 Å². The normalized spacial score (nSPS) is 18.8. The van der Waals surface area contributed by atoms with E-state index in [1.54, 1.807) is 11.3 Å². The van der Waals surface area contributed by atoms with E-state index in [0.29, 0.717) is 6.42 Å². The van der Waals surface area contributed by atoms with Gasteiger partial charge in [-0.2, -0.15) is 5.10 Å². The van der Waals surface area contributed by atoms with E-state index < -0.39 is 0 Å². The Labute approximate surface area is 175 Å². The number of thiophene rings is 1. The average Bonchev–Trinajstić information content (AvgIpc) is 3.39. The number of hydrogen-bond donors (Lipinski definition) is 1. The van der Waals surface area contributed by atoms with Crippen LogP contribution in [0.5, 0.6) is 0 Å². The SMILES string of the molecule is O=C(Cc1cccs1)N/N=C\C1=C(N2CCOCC2)C(=Cc2ccccc2)CC1. The Morgan fingerprint density at radius 2 is 1.97 bits per heavy atom. The van der Waals surface area contributed by atoms with Crippen LogP contribution >= 0.6 is 11.3 Å². The Hall–Kier alpha value is -2.70. The van der Waals surface area contributed by atoms with Crippen molar-refractivity contribution < 1.29 is 9.53 Å². The predicted octanol–water partition coefficient (Wildman–Crippen LogP) is 3.86. The first-order chi connectivity index (χ1) is 14.3.